The Hall–Kier alpha value is -2.83. The third-order valence-electron chi connectivity index (χ3n) is 5.06. The van der Waals surface area contributed by atoms with Gasteiger partial charge in [-0.05, 0) is 37.1 Å². The number of amides is 1. The Morgan fingerprint density at radius 1 is 1.17 bits per heavy atom. The smallest absolute Gasteiger partial charge is 0.295 e. The standard InChI is InChI=1S/C23H24ClNO5/c1-14-6-4-7-15(12-14)20-19(22(27)23(28)25(20)10-5-11-29-2)21(26)17-13-16(24)8-9-18(17)30-3/h4,6-9,12-13,20,26H,5,10-11H2,1-3H3/b21-19+. The van der Waals surface area contributed by atoms with Crippen LogP contribution in [0, 0.1) is 6.92 Å². The summed E-state index contributed by atoms with van der Waals surface area (Å²) in [6, 6.07) is 11.6. The van der Waals surface area contributed by atoms with Crippen LogP contribution in [0.3, 0.4) is 0 Å². The van der Waals surface area contributed by atoms with Crippen LogP contribution in [0.4, 0.5) is 0 Å². The number of likely N-dealkylation sites (tertiary alicyclic amines) is 1. The van der Waals surface area contributed by atoms with Crippen LogP contribution in [0.1, 0.15) is 29.2 Å². The second kappa shape index (κ2) is 9.32. The molecule has 0 radical (unpaired) electrons. The van der Waals surface area contributed by atoms with Crippen molar-refractivity contribution in [2.24, 2.45) is 0 Å². The molecule has 2 aromatic carbocycles. The van der Waals surface area contributed by atoms with Crippen molar-refractivity contribution in [3.8, 4) is 5.75 Å². The van der Waals surface area contributed by atoms with E-state index in [0.29, 0.717) is 30.3 Å². The maximum absolute atomic E-state index is 13.0. The van der Waals surface area contributed by atoms with Crippen LogP contribution in [0.2, 0.25) is 5.02 Å². The summed E-state index contributed by atoms with van der Waals surface area (Å²) in [4.78, 5) is 27.4. The number of aliphatic hydroxyl groups excluding tert-OH is 1. The number of Topliss-reactive ketones (excluding diaryl/α,β-unsaturated/α-hetero) is 1. The van der Waals surface area contributed by atoms with Gasteiger partial charge in [0.05, 0.1) is 24.3 Å². The highest BCUT2D eigenvalue weighted by Crippen LogP contribution is 2.41. The Morgan fingerprint density at radius 2 is 1.93 bits per heavy atom. The van der Waals surface area contributed by atoms with Gasteiger partial charge in [-0.3, -0.25) is 9.59 Å². The number of aliphatic hydroxyl groups is 1. The van der Waals surface area contributed by atoms with Crippen molar-refractivity contribution in [3.63, 3.8) is 0 Å². The molecule has 1 aliphatic rings. The van der Waals surface area contributed by atoms with E-state index in [1.54, 1.807) is 19.2 Å². The molecule has 7 heteroatoms. The molecule has 158 valence electrons. The van der Waals surface area contributed by atoms with Crippen molar-refractivity contribution in [2.75, 3.05) is 27.4 Å². The van der Waals surface area contributed by atoms with E-state index in [2.05, 4.69) is 0 Å². The number of ketones is 1. The van der Waals surface area contributed by atoms with Crippen LogP contribution >= 0.6 is 11.6 Å². The van der Waals surface area contributed by atoms with Crippen molar-refractivity contribution in [1.29, 1.82) is 0 Å². The maximum Gasteiger partial charge on any atom is 0.295 e. The van der Waals surface area contributed by atoms with E-state index in [-0.39, 0.29) is 16.9 Å². The average Bonchev–Trinajstić information content (AvgIpc) is 2.98. The second-order valence-electron chi connectivity index (χ2n) is 7.10. The SMILES string of the molecule is COCCCN1C(=O)C(=O)/C(=C(/O)c2cc(Cl)ccc2OC)C1c1cccc(C)c1. The Bertz CT molecular complexity index is 1000. The molecule has 3 rings (SSSR count). The molecule has 6 nitrogen and oxygen atoms in total. The number of halogens is 1. The zero-order chi connectivity index (χ0) is 21.8. The van der Waals surface area contributed by atoms with Crippen LogP contribution < -0.4 is 4.74 Å². The molecule has 1 saturated heterocycles. The third kappa shape index (κ3) is 4.20. The van der Waals surface area contributed by atoms with E-state index >= 15 is 0 Å². The van der Waals surface area contributed by atoms with Gasteiger partial charge in [0.15, 0.2) is 0 Å². The van der Waals surface area contributed by atoms with Crippen molar-refractivity contribution in [3.05, 3.63) is 69.8 Å². The number of benzene rings is 2. The first-order chi connectivity index (χ1) is 14.4. The highest BCUT2D eigenvalue weighted by atomic mass is 35.5. The predicted octanol–water partition coefficient (Wildman–Crippen LogP) is 4.12. The Morgan fingerprint density at radius 3 is 2.60 bits per heavy atom. The van der Waals surface area contributed by atoms with Crippen molar-refractivity contribution >= 4 is 29.1 Å². The molecule has 1 heterocycles. The Labute approximate surface area is 180 Å². The number of carbonyl (C=O) groups excluding carboxylic acids is 2. The molecule has 30 heavy (non-hydrogen) atoms. The fraction of sp³-hybridized carbons (Fsp3) is 0.304. The predicted molar refractivity (Wildman–Crippen MR) is 115 cm³/mol. The molecule has 1 aliphatic heterocycles. The molecule has 1 fully saturated rings. The Balaban J connectivity index is 2.19. The van der Waals surface area contributed by atoms with E-state index in [1.165, 1.54) is 18.1 Å². The zero-order valence-electron chi connectivity index (χ0n) is 17.1. The number of ether oxygens (including phenoxy) is 2. The van der Waals surface area contributed by atoms with Crippen molar-refractivity contribution in [2.45, 2.75) is 19.4 Å². The molecule has 0 saturated carbocycles. The van der Waals surface area contributed by atoms with Gasteiger partial charge in [0.25, 0.3) is 11.7 Å². The van der Waals surface area contributed by atoms with Gasteiger partial charge in [-0.25, -0.2) is 0 Å². The lowest BCUT2D eigenvalue weighted by molar-refractivity contribution is -0.140. The summed E-state index contributed by atoms with van der Waals surface area (Å²) in [5, 5.41) is 11.5. The number of hydrogen-bond acceptors (Lipinski definition) is 5. The van der Waals surface area contributed by atoms with E-state index in [4.69, 9.17) is 21.1 Å². The van der Waals surface area contributed by atoms with E-state index in [0.717, 1.165) is 11.1 Å². The second-order valence-corrected chi connectivity index (χ2v) is 7.53. The molecule has 0 spiro atoms. The number of hydrogen-bond donors (Lipinski definition) is 1. The van der Waals surface area contributed by atoms with Gasteiger partial charge in [-0.15, -0.1) is 0 Å². The zero-order valence-corrected chi connectivity index (χ0v) is 17.9. The van der Waals surface area contributed by atoms with Crippen molar-refractivity contribution < 1.29 is 24.2 Å². The van der Waals surface area contributed by atoms with Crippen LogP contribution in [0.25, 0.3) is 5.76 Å². The molecule has 0 aliphatic carbocycles. The first-order valence-corrected chi connectivity index (χ1v) is 9.94. The molecule has 1 atom stereocenters. The summed E-state index contributed by atoms with van der Waals surface area (Å²) in [7, 11) is 3.04. The molecule has 0 aromatic heterocycles. The lowest BCUT2D eigenvalue weighted by atomic mass is 9.94. The average molecular weight is 430 g/mol. The number of nitrogens with zero attached hydrogens (tertiary/aromatic N) is 1. The van der Waals surface area contributed by atoms with Gasteiger partial charge in [0, 0.05) is 25.3 Å². The minimum absolute atomic E-state index is 0.0172. The molecular formula is C23H24ClNO5. The molecule has 0 bridgehead atoms. The summed E-state index contributed by atoms with van der Waals surface area (Å²) < 4.78 is 10.4. The summed E-state index contributed by atoms with van der Waals surface area (Å²) in [5.41, 5.74) is 2.01. The molecule has 2 aromatic rings. The van der Waals surface area contributed by atoms with Gasteiger partial charge >= 0.3 is 0 Å². The lowest BCUT2D eigenvalue weighted by Crippen LogP contribution is -2.31. The van der Waals surface area contributed by atoms with Gasteiger partial charge in [0.1, 0.15) is 11.5 Å². The normalized spacial score (nSPS) is 18.1. The molecule has 1 unspecified atom stereocenters. The minimum Gasteiger partial charge on any atom is -0.507 e. The summed E-state index contributed by atoms with van der Waals surface area (Å²) >= 11 is 6.11. The number of rotatable bonds is 7. The quantitative estimate of drug-likeness (QED) is 0.310. The molecule has 1 amide bonds. The third-order valence-corrected chi connectivity index (χ3v) is 5.30. The monoisotopic (exact) mass is 429 g/mol. The van der Waals surface area contributed by atoms with E-state index in [1.807, 2.05) is 31.2 Å². The first kappa shape index (κ1) is 21.9. The largest absolute Gasteiger partial charge is 0.507 e. The Kier molecular flexibility index (Phi) is 6.80. The number of carbonyl (C=O) groups is 2. The van der Waals surface area contributed by atoms with Crippen LogP contribution in [0.15, 0.2) is 48.0 Å². The summed E-state index contributed by atoms with van der Waals surface area (Å²) in [5.74, 6) is -1.35. The number of methoxy groups -OCH3 is 2. The topological polar surface area (TPSA) is 76.1 Å². The minimum atomic E-state index is -0.738. The number of aryl methyl sites for hydroxylation is 1. The van der Waals surface area contributed by atoms with Gasteiger partial charge < -0.3 is 19.5 Å². The van der Waals surface area contributed by atoms with Gasteiger partial charge in [0.2, 0.25) is 0 Å². The first-order valence-electron chi connectivity index (χ1n) is 9.56. The van der Waals surface area contributed by atoms with Crippen LogP contribution in [-0.4, -0.2) is 49.1 Å². The van der Waals surface area contributed by atoms with Gasteiger partial charge in [-0.1, -0.05) is 41.4 Å². The van der Waals surface area contributed by atoms with Gasteiger partial charge in [-0.2, -0.15) is 0 Å². The highest BCUT2D eigenvalue weighted by Gasteiger charge is 2.46. The summed E-state index contributed by atoms with van der Waals surface area (Å²) in [6.07, 6.45) is 0.562. The fourth-order valence-corrected chi connectivity index (χ4v) is 3.86. The molecule has 1 N–H and O–H groups in total. The highest BCUT2D eigenvalue weighted by molar-refractivity contribution is 6.46. The van der Waals surface area contributed by atoms with Crippen molar-refractivity contribution in [1.82, 2.24) is 4.90 Å². The van der Waals surface area contributed by atoms with E-state index in [9.17, 15) is 14.7 Å². The van der Waals surface area contributed by atoms with E-state index < -0.39 is 17.7 Å². The lowest BCUT2D eigenvalue weighted by Gasteiger charge is -2.25. The summed E-state index contributed by atoms with van der Waals surface area (Å²) in [6.45, 7) is 2.70. The maximum atomic E-state index is 13.0. The fourth-order valence-electron chi connectivity index (χ4n) is 3.69. The van der Waals surface area contributed by atoms with Crippen LogP contribution in [-0.2, 0) is 14.3 Å². The van der Waals surface area contributed by atoms with Crippen LogP contribution in [0.5, 0.6) is 5.75 Å². The molecular weight excluding hydrogens is 406 g/mol.